The molecule has 2 aromatic carbocycles. The molecule has 1 amide bonds. The van der Waals surface area contributed by atoms with Gasteiger partial charge in [0, 0.05) is 37.1 Å². The summed E-state index contributed by atoms with van der Waals surface area (Å²) in [5.41, 5.74) is 2.82. The number of aryl methyl sites for hydroxylation is 1. The van der Waals surface area contributed by atoms with Crippen molar-refractivity contribution in [3.8, 4) is 22.6 Å². The van der Waals surface area contributed by atoms with Gasteiger partial charge in [0.1, 0.15) is 5.69 Å². The van der Waals surface area contributed by atoms with E-state index in [9.17, 15) is 4.79 Å². The lowest BCUT2D eigenvalue weighted by atomic mass is 9.98. The lowest BCUT2D eigenvalue weighted by molar-refractivity contribution is -0.121. The van der Waals surface area contributed by atoms with Crippen molar-refractivity contribution >= 4 is 5.91 Å². The maximum Gasteiger partial charge on any atom is 0.220 e. The quantitative estimate of drug-likeness (QED) is 0.635. The van der Waals surface area contributed by atoms with Crippen molar-refractivity contribution in [2.45, 2.75) is 25.7 Å². The summed E-state index contributed by atoms with van der Waals surface area (Å²) in [7, 11) is 2.14. The molecule has 5 nitrogen and oxygen atoms in total. The van der Waals surface area contributed by atoms with Crippen molar-refractivity contribution in [2.24, 2.45) is 5.92 Å². The molecule has 3 aromatic rings. The number of carbonyl (C=O) groups is 1. The number of oxazole rings is 1. The van der Waals surface area contributed by atoms with E-state index in [1.165, 1.54) is 12.8 Å². The van der Waals surface area contributed by atoms with Crippen molar-refractivity contribution in [2.75, 3.05) is 26.7 Å². The van der Waals surface area contributed by atoms with E-state index in [4.69, 9.17) is 9.40 Å². The molecular weight excluding hydrogens is 374 g/mol. The van der Waals surface area contributed by atoms with Gasteiger partial charge in [0.05, 0.1) is 0 Å². The second-order valence-electron chi connectivity index (χ2n) is 8.09. The van der Waals surface area contributed by atoms with E-state index < -0.39 is 0 Å². The molecule has 1 atom stereocenters. The topological polar surface area (TPSA) is 58.4 Å². The summed E-state index contributed by atoms with van der Waals surface area (Å²) < 4.78 is 6.12. The fourth-order valence-electron chi connectivity index (χ4n) is 4.06. The van der Waals surface area contributed by atoms with Gasteiger partial charge in [-0.1, -0.05) is 60.7 Å². The Labute approximate surface area is 178 Å². The molecular formula is C25H29N3O2. The molecule has 1 aliphatic rings. The number of nitrogens with zero attached hydrogens (tertiary/aromatic N) is 2. The first-order chi connectivity index (χ1) is 14.7. The van der Waals surface area contributed by atoms with Gasteiger partial charge in [0.2, 0.25) is 5.91 Å². The summed E-state index contributed by atoms with van der Waals surface area (Å²) >= 11 is 0. The number of benzene rings is 2. The molecule has 1 aromatic heterocycles. The van der Waals surface area contributed by atoms with Gasteiger partial charge in [0.25, 0.3) is 0 Å². The minimum Gasteiger partial charge on any atom is -0.440 e. The first-order valence-electron chi connectivity index (χ1n) is 10.7. The molecule has 0 spiro atoms. The monoisotopic (exact) mass is 403 g/mol. The van der Waals surface area contributed by atoms with Gasteiger partial charge in [-0.25, -0.2) is 4.98 Å². The average Bonchev–Trinajstić information content (AvgIpc) is 3.22. The maximum atomic E-state index is 12.4. The lowest BCUT2D eigenvalue weighted by Crippen LogP contribution is -2.39. The Morgan fingerprint density at radius 1 is 1.10 bits per heavy atom. The van der Waals surface area contributed by atoms with Gasteiger partial charge >= 0.3 is 0 Å². The number of hydrogen-bond donors (Lipinski definition) is 1. The number of aromatic nitrogens is 1. The third-order valence-electron chi connectivity index (χ3n) is 5.63. The highest BCUT2D eigenvalue weighted by molar-refractivity contribution is 5.77. The molecule has 0 radical (unpaired) electrons. The number of rotatable bonds is 7. The summed E-state index contributed by atoms with van der Waals surface area (Å²) in [6, 6.07) is 20.0. The van der Waals surface area contributed by atoms with Gasteiger partial charge in [-0.2, -0.15) is 0 Å². The fraction of sp³-hybridized carbons (Fsp3) is 0.360. The van der Waals surface area contributed by atoms with Gasteiger partial charge in [0.15, 0.2) is 11.7 Å². The van der Waals surface area contributed by atoms with Crippen LogP contribution in [0.25, 0.3) is 22.6 Å². The number of piperidine rings is 1. The Morgan fingerprint density at radius 3 is 2.50 bits per heavy atom. The standard InChI is InChI=1S/C25H29N3O2/c1-28-16-8-9-19(18-28)17-26-22(29)14-15-23-27-24(20-10-4-2-5-11-20)25(30-23)21-12-6-3-7-13-21/h2-7,10-13,19H,8-9,14-18H2,1H3,(H,26,29). The Morgan fingerprint density at radius 2 is 1.80 bits per heavy atom. The molecule has 1 unspecified atom stereocenters. The van der Waals surface area contributed by atoms with E-state index in [-0.39, 0.29) is 5.91 Å². The Bertz CT molecular complexity index is 896. The molecule has 0 bridgehead atoms. The van der Waals surface area contributed by atoms with Crippen LogP contribution in [-0.2, 0) is 11.2 Å². The molecule has 1 saturated heterocycles. The van der Waals surface area contributed by atoms with E-state index in [1.807, 2.05) is 60.7 Å². The second-order valence-corrected chi connectivity index (χ2v) is 8.09. The van der Waals surface area contributed by atoms with Crippen LogP contribution in [0.3, 0.4) is 0 Å². The highest BCUT2D eigenvalue weighted by Crippen LogP contribution is 2.32. The van der Waals surface area contributed by atoms with Crippen LogP contribution in [0.2, 0.25) is 0 Å². The highest BCUT2D eigenvalue weighted by Gasteiger charge is 2.19. The smallest absolute Gasteiger partial charge is 0.220 e. The molecule has 1 N–H and O–H groups in total. The van der Waals surface area contributed by atoms with E-state index in [0.717, 1.165) is 42.2 Å². The van der Waals surface area contributed by atoms with Crippen LogP contribution >= 0.6 is 0 Å². The molecule has 5 heteroatoms. The molecule has 1 fully saturated rings. The Balaban J connectivity index is 1.42. The Hall–Kier alpha value is -2.92. The number of carbonyl (C=O) groups excluding carboxylic acids is 1. The summed E-state index contributed by atoms with van der Waals surface area (Å²) in [5, 5.41) is 3.09. The SMILES string of the molecule is CN1CCCC(CNC(=O)CCc2nc(-c3ccccc3)c(-c3ccccc3)o2)C1. The normalized spacial score (nSPS) is 17.0. The third-order valence-corrected chi connectivity index (χ3v) is 5.63. The van der Waals surface area contributed by atoms with Crippen LogP contribution in [0.4, 0.5) is 0 Å². The van der Waals surface area contributed by atoms with E-state index in [2.05, 4.69) is 17.3 Å². The van der Waals surface area contributed by atoms with Gasteiger partial charge < -0.3 is 14.6 Å². The fourth-order valence-corrected chi connectivity index (χ4v) is 4.06. The van der Waals surface area contributed by atoms with Crippen LogP contribution in [0.15, 0.2) is 65.1 Å². The summed E-state index contributed by atoms with van der Waals surface area (Å²) in [4.78, 5) is 19.5. The second kappa shape index (κ2) is 9.72. The number of likely N-dealkylation sites (tertiary alicyclic amines) is 1. The molecule has 4 rings (SSSR count). The number of nitrogens with one attached hydrogen (secondary N) is 1. The maximum absolute atomic E-state index is 12.4. The van der Waals surface area contributed by atoms with Crippen molar-refractivity contribution in [1.29, 1.82) is 0 Å². The van der Waals surface area contributed by atoms with Crippen molar-refractivity contribution in [3.63, 3.8) is 0 Å². The van der Waals surface area contributed by atoms with E-state index in [0.29, 0.717) is 24.7 Å². The number of hydrogen-bond acceptors (Lipinski definition) is 4. The highest BCUT2D eigenvalue weighted by atomic mass is 16.4. The summed E-state index contributed by atoms with van der Waals surface area (Å²) in [5.74, 6) is 1.95. The molecule has 0 saturated carbocycles. The zero-order chi connectivity index (χ0) is 20.8. The summed E-state index contributed by atoms with van der Waals surface area (Å²) in [6.07, 6.45) is 3.26. The minimum atomic E-state index is 0.0592. The molecule has 2 heterocycles. The van der Waals surface area contributed by atoms with Crippen molar-refractivity contribution < 1.29 is 9.21 Å². The van der Waals surface area contributed by atoms with Gasteiger partial charge in [-0.3, -0.25) is 4.79 Å². The van der Waals surface area contributed by atoms with Crippen LogP contribution in [0.1, 0.15) is 25.2 Å². The first-order valence-corrected chi connectivity index (χ1v) is 10.7. The van der Waals surface area contributed by atoms with E-state index >= 15 is 0 Å². The Kier molecular flexibility index (Phi) is 6.60. The number of amides is 1. The molecule has 156 valence electrons. The molecule has 1 aliphatic heterocycles. The summed E-state index contributed by atoms with van der Waals surface area (Å²) in [6.45, 7) is 2.96. The zero-order valence-corrected chi connectivity index (χ0v) is 17.5. The predicted molar refractivity (Wildman–Crippen MR) is 119 cm³/mol. The van der Waals surface area contributed by atoms with Crippen LogP contribution in [0, 0.1) is 5.92 Å². The molecule has 0 aliphatic carbocycles. The minimum absolute atomic E-state index is 0.0592. The van der Waals surface area contributed by atoms with Crippen LogP contribution < -0.4 is 5.32 Å². The third kappa shape index (κ3) is 5.16. The first kappa shape index (κ1) is 20.4. The molecule has 30 heavy (non-hydrogen) atoms. The predicted octanol–water partition coefficient (Wildman–Crippen LogP) is 4.40. The van der Waals surface area contributed by atoms with Gasteiger partial charge in [-0.15, -0.1) is 0 Å². The largest absolute Gasteiger partial charge is 0.440 e. The van der Waals surface area contributed by atoms with Gasteiger partial charge in [-0.05, 0) is 32.4 Å². The van der Waals surface area contributed by atoms with Crippen LogP contribution in [-0.4, -0.2) is 42.5 Å². The lowest BCUT2D eigenvalue weighted by Gasteiger charge is -2.29. The zero-order valence-electron chi connectivity index (χ0n) is 17.5. The van der Waals surface area contributed by atoms with Crippen molar-refractivity contribution in [3.05, 3.63) is 66.6 Å². The van der Waals surface area contributed by atoms with Crippen LogP contribution in [0.5, 0.6) is 0 Å². The van der Waals surface area contributed by atoms with Crippen molar-refractivity contribution in [1.82, 2.24) is 15.2 Å². The van der Waals surface area contributed by atoms with E-state index in [1.54, 1.807) is 0 Å². The average molecular weight is 404 g/mol.